The fourth-order valence-corrected chi connectivity index (χ4v) is 4.13. The number of carbonyl (C=O) groups excluding carboxylic acids is 1. The lowest BCUT2D eigenvalue weighted by Crippen LogP contribution is -2.45. The molecule has 0 amide bonds. The average Bonchev–Trinajstić information content (AvgIpc) is 2.74. The Morgan fingerprint density at radius 1 is 0.900 bits per heavy atom. The number of nitrogens with two attached hydrogens (primary N) is 1. The van der Waals surface area contributed by atoms with Crippen molar-refractivity contribution in [1.82, 2.24) is 0 Å². The van der Waals surface area contributed by atoms with E-state index in [0.717, 1.165) is 24.1 Å². The van der Waals surface area contributed by atoms with Crippen LogP contribution in [0.5, 0.6) is 0 Å². The molecule has 0 spiro atoms. The van der Waals surface area contributed by atoms with E-state index in [-0.39, 0.29) is 0 Å². The van der Waals surface area contributed by atoms with E-state index in [9.17, 15) is 4.79 Å². The summed E-state index contributed by atoms with van der Waals surface area (Å²) < 4.78 is 5.78. The van der Waals surface area contributed by atoms with E-state index in [4.69, 9.17) is 10.5 Å². The highest BCUT2D eigenvalue weighted by molar-refractivity contribution is 5.87. The summed E-state index contributed by atoms with van der Waals surface area (Å²) in [5.41, 5.74) is 7.25. The fraction of sp³-hybridized carbons (Fsp3) is 0.692. The number of unbranched alkanes of at least 4 members (excludes halogenated alkanes) is 13. The molecule has 0 bridgehead atoms. The monoisotopic (exact) mass is 414 g/mol. The van der Waals surface area contributed by atoms with Crippen molar-refractivity contribution in [3.05, 3.63) is 29.3 Å². The molecule has 1 heterocycles. The second kappa shape index (κ2) is 13.6. The maximum absolute atomic E-state index is 11.6. The van der Waals surface area contributed by atoms with Gasteiger partial charge in [0.15, 0.2) is 12.2 Å². The Morgan fingerprint density at radius 2 is 1.43 bits per heavy atom. The van der Waals surface area contributed by atoms with Crippen LogP contribution >= 0.6 is 0 Å². The summed E-state index contributed by atoms with van der Waals surface area (Å²) in [6, 6.07) is 5.79. The third-order valence-corrected chi connectivity index (χ3v) is 6.02. The van der Waals surface area contributed by atoms with Gasteiger partial charge in [0.05, 0.1) is 5.69 Å². The zero-order valence-electron chi connectivity index (χ0n) is 19.3. The number of aldehydes is 1. The Morgan fingerprint density at radius 3 is 1.97 bits per heavy atom. The fourth-order valence-electron chi connectivity index (χ4n) is 4.13. The zero-order chi connectivity index (χ0) is 21.7. The molecule has 0 saturated carbocycles. The van der Waals surface area contributed by atoms with Crippen molar-refractivity contribution in [2.24, 2.45) is 10.7 Å². The second-order valence-corrected chi connectivity index (χ2v) is 8.89. The molecule has 1 aromatic carbocycles. The van der Waals surface area contributed by atoms with E-state index in [1.54, 1.807) is 0 Å². The summed E-state index contributed by atoms with van der Waals surface area (Å²) in [5.74, 6) is 0.583. The van der Waals surface area contributed by atoms with Gasteiger partial charge in [0.1, 0.15) is 0 Å². The Balaban J connectivity index is 1.55. The number of rotatable bonds is 16. The van der Waals surface area contributed by atoms with Crippen LogP contribution in [0.4, 0.5) is 5.69 Å². The second-order valence-electron chi connectivity index (χ2n) is 8.89. The molecular formula is C26H42N2O2. The maximum atomic E-state index is 11.6. The summed E-state index contributed by atoms with van der Waals surface area (Å²) in [7, 11) is 0. The molecular weight excluding hydrogens is 372 g/mol. The number of hydrogen-bond donors (Lipinski definition) is 1. The molecule has 2 rings (SSSR count). The smallest absolute Gasteiger partial charge is 0.244 e. The van der Waals surface area contributed by atoms with Crippen LogP contribution in [0.1, 0.15) is 114 Å². The highest BCUT2D eigenvalue weighted by atomic mass is 16.5. The van der Waals surface area contributed by atoms with E-state index in [0.29, 0.717) is 17.7 Å². The lowest BCUT2D eigenvalue weighted by atomic mass is 9.98. The molecule has 168 valence electrons. The molecule has 2 N–H and O–H groups in total. The molecule has 0 radical (unpaired) electrons. The van der Waals surface area contributed by atoms with Gasteiger partial charge in [-0.2, -0.15) is 0 Å². The van der Waals surface area contributed by atoms with Gasteiger partial charge in [-0.1, -0.05) is 102 Å². The van der Waals surface area contributed by atoms with Crippen molar-refractivity contribution >= 4 is 17.9 Å². The first-order valence-corrected chi connectivity index (χ1v) is 12.2. The Labute approximate surface area is 183 Å². The number of aryl methyl sites for hydroxylation is 1. The van der Waals surface area contributed by atoms with Crippen LogP contribution in [-0.4, -0.2) is 12.2 Å². The Hall–Kier alpha value is -1.68. The molecule has 1 unspecified atom stereocenters. The Bertz CT molecular complexity index is 671. The third kappa shape index (κ3) is 8.22. The first kappa shape index (κ1) is 24.6. The number of hydrogen-bond acceptors (Lipinski definition) is 4. The van der Waals surface area contributed by atoms with Crippen LogP contribution < -0.4 is 5.73 Å². The van der Waals surface area contributed by atoms with Crippen molar-refractivity contribution in [1.29, 1.82) is 0 Å². The van der Waals surface area contributed by atoms with Crippen LogP contribution in [0.15, 0.2) is 23.2 Å². The number of nitrogens with zero attached hydrogens (tertiary/aromatic N) is 1. The summed E-state index contributed by atoms with van der Waals surface area (Å²) in [4.78, 5) is 16.2. The minimum absolute atomic E-state index is 0.583. The predicted molar refractivity (Wildman–Crippen MR) is 126 cm³/mol. The normalized spacial score (nSPS) is 17.9. The number of benzene rings is 1. The number of aliphatic imine (C=N–C) groups is 1. The van der Waals surface area contributed by atoms with Gasteiger partial charge >= 0.3 is 0 Å². The standard InChI is InChI=1S/C26H42N2O2/c1-3-4-5-6-7-8-9-10-11-12-13-14-15-16-17-25-28-24-19-18-22(2)20-23(24)26(27,21-29)30-25/h18-21H,3-17,27H2,1-2H3. The molecule has 1 aromatic rings. The van der Waals surface area contributed by atoms with Gasteiger partial charge < -0.3 is 4.74 Å². The predicted octanol–water partition coefficient (Wildman–Crippen LogP) is 7.24. The molecule has 30 heavy (non-hydrogen) atoms. The van der Waals surface area contributed by atoms with Crippen molar-refractivity contribution in [3.63, 3.8) is 0 Å². The number of fused-ring (bicyclic) bond motifs is 1. The van der Waals surface area contributed by atoms with Crippen molar-refractivity contribution in [3.8, 4) is 0 Å². The van der Waals surface area contributed by atoms with Crippen molar-refractivity contribution in [2.75, 3.05) is 0 Å². The van der Waals surface area contributed by atoms with Crippen molar-refractivity contribution in [2.45, 2.75) is 116 Å². The molecule has 1 atom stereocenters. The van der Waals surface area contributed by atoms with Crippen LogP contribution in [-0.2, 0) is 15.3 Å². The summed E-state index contributed by atoms with van der Waals surface area (Å²) >= 11 is 0. The van der Waals surface area contributed by atoms with Gasteiger partial charge in [-0.05, 0) is 25.5 Å². The molecule has 1 aliphatic heterocycles. The molecule has 0 fully saturated rings. The number of ether oxygens (including phenoxy) is 1. The number of carbonyl (C=O) groups is 1. The molecule has 1 aliphatic rings. The topological polar surface area (TPSA) is 64.7 Å². The van der Waals surface area contributed by atoms with E-state index >= 15 is 0 Å². The minimum atomic E-state index is -1.41. The highest BCUT2D eigenvalue weighted by Gasteiger charge is 2.36. The third-order valence-electron chi connectivity index (χ3n) is 6.02. The first-order valence-electron chi connectivity index (χ1n) is 12.2. The van der Waals surface area contributed by atoms with Gasteiger partial charge in [0, 0.05) is 12.0 Å². The average molecular weight is 415 g/mol. The van der Waals surface area contributed by atoms with Crippen LogP contribution in [0, 0.1) is 6.92 Å². The highest BCUT2D eigenvalue weighted by Crippen LogP contribution is 2.34. The van der Waals surface area contributed by atoms with Crippen LogP contribution in [0.3, 0.4) is 0 Å². The van der Waals surface area contributed by atoms with Crippen LogP contribution in [0.2, 0.25) is 0 Å². The molecule has 0 aromatic heterocycles. The lowest BCUT2D eigenvalue weighted by molar-refractivity contribution is -0.123. The Kier molecular flexibility index (Phi) is 11.1. The zero-order valence-corrected chi connectivity index (χ0v) is 19.3. The SMILES string of the molecule is CCCCCCCCCCCCCCCCC1=Nc2ccc(C)cc2C(N)(C=O)O1. The van der Waals surface area contributed by atoms with Crippen LogP contribution in [0.25, 0.3) is 0 Å². The van der Waals surface area contributed by atoms with Gasteiger partial charge in [0.2, 0.25) is 5.72 Å². The quantitative estimate of drug-likeness (QED) is 0.229. The largest absolute Gasteiger partial charge is 0.448 e. The lowest BCUT2D eigenvalue weighted by Gasteiger charge is -2.31. The maximum Gasteiger partial charge on any atom is 0.244 e. The van der Waals surface area contributed by atoms with Gasteiger partial charge in [-0.15, -0.1) is 0 Å². The van der Waals surface area contributed by atoms with E-state index in [1.165, 1.54) is 83.5 Å². The van der Waals surface area contributed by atoms with Crippen molar-refractivity contribution < 1.29 is 9.53 Å². The molecule has 0 saturated heterocycles. The van der Waals surface area contributed by atoms with Gasteiger partial charge in [-0.25, -0.2) is 4.99 Å². The molecule has 4 nitrogen and oxygen atoms in total. The van der Waals surface area contributed by atoms with E-state index in [1.807, 2.05) is 25.1 Å². The van der Waals surface area contributed by atoms with E-state index in [2.05, 4.69) is 11.9 Å². The minimum Gasteiger partial charge on any atom is -0.448 e. The van der Waals surface area contributed by atoms with E-state index < -0.39 is 5.72 Å². The van der Waals surface area contributed by atoms with Gasteiger partial charge in [0.25, 0.3) is 0 Å². The summed E-state index contributed by atoms with van der Waals surface area (Å²) in [6.45, 7) is 4.25. The van der Waals surface area contributed by atoms with Gasteiger partial charge in [-0.3, -0.25) is 10.5 Å². The summed E-state index contributed by atoms with van der Waals surface area (Å²) in [5, 5.41) is 0. The molecule has 0 aliphatic carbocycles. The summed E-state index contributed by atoms with van der Waals surface area (Å²) in [6.07, 6.45) is 20.1. The first-order chi connectivity index (χ1) is 14.6. The molecule has 4 heteroatoms.